The molecule has 0 amide bonds. The molecule has 1 aliphatic heterocycles. The normalized spacial score (nSPS) is 18.8. The first kappa shape index (κ1) is 23.4. The van der Waals surface area contributed by atoms with Gasteiger partial charge in [-0.1, -0.05) is 48.9 Å². The molecule has 2 unspecified atom stereocenters. The molecule has 1 saturated heterocycles. The molecule has 1 heterocycles. The van der Waals surface area contributed by atoms with E-state index in [1.54, 1.807) is 6.07 Å². The molecule has 2 atom stereocenters. The Morgan fingerprint density at radius 3 is 2.60 bits per heavy atom. The van der Waals surface area contributed by atoms with E-state index < -0.39 is 10.0 Å². The lowest BCUT2D eigenvalue weighted by Crippen LogP contribution is -2.45. The molecule has 2 aromatic carbocycles. The number of nitrogens with zero attached hydrogens (tertiary/aromatic N) is 1. The molecular formula is C22H29Cl2N3O2S. The highest BCUT2D eigenvalue weighted by Gasteiger charge is 2.22. The Morgan fingerprint density at radius 1 is 1.20 bits per heavy atom. The largest absolute Gasteiger partial charge is 0.314 e. The summed E-state index contributed by atoms with van der Waals surface area (Å²) in [5.41, 5.74) is 2.65. The Morgan fingerprint density at radius 2 is 1.93 bits per heavy atom. The van der Waals surface area contributed by atoms with Crippen LogP contribution in [-0.2, 0) is 10.0 Å². The number of anilines is 1. The number of benzene rings is 2. The lowest BCUT2D eigenvalue weighted by molar-refractivity contribution is 0.171. The summed E-state index contributed by atoms with van der Waals surface area (Å²) in [6, 6.07) is 15.4. The number of halogens is 2. The number of hydrogen-bond acceptors (Lipinski definition) is 4. The third-order valence-corrected chi connectivity index (χ3v) is 7.63. The fourth-order valence-corrected chi connectivity index (χ4v) is 5.68. The molecule has 0 aromatic heterocycles. The molecule has 2 N–H and O–H groups in total. The monoisotopic (exact) mass is 469 g/mol. The summed E-state index contributed by atoms with van der Waals surface area (Å²) in [6.07, 6.45) is 0.403. The molecule has 5 nitrogen and oxygen atoms in total. The fourth-order valence-electron chi connectivity index (χ4n) is 3.88. The van der Waals surface area contributed by atoms with Gasteiger partial charge in [-0.2, -0.15) is 0 Å². The van der Waals surface area contributed by atoms with E-state index in [0.717, 1.165) is 31.7 Å². The van der Waals surface area contributed by atoms with Crippen LogP contribution in [0.15, 0.2) is 48.5 Å². The van der Waals surface area contributed by atoms with Crippen molar-refractivity contribution in [2.24, 2.45) is 0 Å². The molecule has 0 spiro atoms. The first-order valence-electron chi connectivity index (χ1n) is 10.3. The summed E-state index contributed by atoms with van der Waals surface area (Å²) in [7, 11) is -3.49. The number of nitrogens with one attached hydrogen (secondary N) is 2. The standard InChI is InChI=1S/C22H29Cl2N3O2S/c1-2-27-13-12-25-16-22(27)17-7-9-19(10-8-17)26-30(28,29)14-11-18(15-23)20-5-3-4-6-21(20)24/h3-10,18,22,25-26H,2,11-16H2,1H3. The number of piperazine rings is 1. The molecule has 8 heteroatoms. The zero-order chi connectivity index (χ0) is 21.6. The molecule has 164 valence electrons. The van der Waals surface area contributed by atoms with E-state index in [0.29, 0.717) is 29.1 Å². The topological polar surface area (TPSA) is 61.4 Å². The highest BCUT2D eigenvalue weighted by atomic mass is 35.5. The van der Waals surface area contributed by atoms with E-state index in [-0.39, 0.29) is 11.7 Å². The van der Waals surface area contributed by atoms with Crippen LogP contribution in [0.2, 0.25) is 5.02 Å². The van der Waals surface area contributed by atoms with Gasteiger partial charge in [-0.15, -0.1) is 11.6 Å². The molecule has 30 heavy (non-hydrogen) atoms. The molecule has 0 saturated carbocycles. The number of rotatable bonds is 9. The Hall–Kier alpha value is -1.31. The minimum atomic E-state index is -3.49. The van der Waals surface area contributed by atoms with Gasteiger partial charge in [0.15, 0.2) is 0 Å². The third kappa shape index (κ3) is 6.11. The average molecular weight is 470 g/mol. The van der Waals surface area contributed by atoms with Gasteiger partial charge in [-0.25, -0.2) is 8.42 Å². The Balaban J connectivity index is 1.61. The van der Waals surface area contributed by atoms with E-state index in [4.69, 9.17) is 23.2 Å². The van der Waals surface area contributed by atoms with Crippen LogP contribution in [0.1, 0.15) is 36.4 Å². The highest BCUT2D eigenvalue weighted by molar-refractivity contribution is 7.92. The SMILES string of the molecule is CCN1CCNCC1c1ccc(NS(=O)(=O)CCC(CCl)c2ccccc2Cl)cc1. The summed E-state index contributed by atoms with van der Waals surface area (Å²) < 4.78 is 27.9. The summed E-state index contributed by atoms with van der Waals surface area (Å²) in [6.45, 7) is 6.08. The van der Waals surface area contributed by atoms with Gasteiger partial charge in [-0.3, -0.25) is 9.62 Å². The Kier molecular flexibility index (Phi) is 8.43. The lowest BCUT2D eigenvalue weighted by Gasteiger charge is -2.35. The van der Waals surface area contributed by atoms with E-state index >= 15 is 0 Å². The first-order valence-corrected chi connectivity index (χ1v) is 12.9. The third-order valence-electron chi connectivity index (χ3n) is 5.60. The van der Waals surface area contributed by atoms with Crippen molar-refractivity contribution in [3.63, 3.8) is 0 Å². The van der Waals surface area contributed by atoms with Crippen LogP contribution in [-0.4, -0.2) is 51.1 Å². The van der Waals surface area contributed by atoms with Crippen molar-refractivity contribution in [1.82, 2.24) is 10.2 Å². The maximum Gasteiger partial charge on any atom is 0.232 e. The van der Waals surface area contributed by atoms with Crippen molar-refractivity contribution in [3.05, 3.63) is 64.7 Å². The Labute approximate surface area is 189 Å². The first-order chi connectivity index (χ1) is 14.4. The van der Waals surface area contributed by atoms with E-state index in [9.17, 15) is 8.42 Å². The second-order valence-corrected chi connectivity index (χ2v) is 10.1. The van der Waals surface area contributed by atoms with Gasteiger partial charge < -0.3 is 5.32 Å². The van der Waals surface area contributed by atoms with Gasteiger partial charge in [0.05, 0.1) is 5.75 Å². The summed E-state index contributed by atoms with van der Waals surface area (Å²) >= 11 is 12.3. The second-order valence-electron chi connectivity index (χ2n) is 7.55. The van der Waals surface area contributed by atoms with E-state index in [1.165, 1.54) is 5.56 Å². The zero-order valence-corrected chi connectivity index (χ0v) is 19.5. The molecule has 1 aliphatic rings. The molecule has 3 rings (SSSR count). The van der Waals surface area contributed by atoms with Gasteiger partial charge >= 0.3 is 0 Å². The summed E-state index contributed by atoms with van der Waals surface area (Å²) in [4.78, 5) is 2.43. The number of likely N-dealkylation sites (N-methyl/N-ethyl adjacent to an activating group) is 1. The van der Waals surface area contributed by atoms with Crippen molar-refractivity contribution in [2.45, 2.75) is 25.3 Å². The quantitative estimate of drug-likeness (QED) is 0.532. The molecule has 0 bridgehead atoms. The zero-order valence-electron chi connectivity index (χ0n) is 17.2. The molecule has 2 aromatic rings. The van der Waals surface area contributed by atoms with Crippen LogP contribution in [0.4, 0.5) is 5.69 Å². The maximum atomic E-state index is 12.6. The van der Waals surface area contributed by atoms with Crippen molar-refractivity contribution in [2.75, 3.05) is 42.5 Å². The highest BCUT2D eigenvalue weighted by Crippen LogP contribution is 2.29. The van der Waals surface area contributed by atoms with Crippen LogP contribution in [0.3, 0.4) is 0 Å². The molecule has 0 aliphatic carbocycles. The fraction of sp³-hybridized carbons (Fsp3) is 0.455. The average Bonchev–Trinajstić information content (AvgIpc) is 2.75. The molecular weight excluding hydrogens is 441 g/mol. The van der Waals surface area contributed by atoms with Crippen LogP contribution in [0.5, 0.6) is 0 Å². The van der Waals surface area contributed by atoms with Crippen molar-refractivity contribution >= 4 is 38.9 Å². The predicted octanol–water partition coefficient (Wildman–Crippen LogP) is 4.46. The summed E-state index contributed by atoms with van der Waals surface area (Å²) in [5.74, 6) is 0.184. The van der Waals surface area contributed by atoms with Crippen molar-refractivity contribution in [1.29, 1.82) is 0 Å². The van der Waals surface area contributed by atoms with E-state index in [1.807, 2.05) is 42.5 Å². The van der Waals surface area contributed by atoms with Crippen molar-refractivity contribution in [3.8, 4) is 0 Å². The minimum Gasteiger partial charge on any atom is -0.314 e. The molecule has 0 radical (unpaired) electrons. The number of alkyl halides is 1. The predicted molar refractivity (Wildman–Crippen MR) is 126 cm³/mol. The minimum absolute atomic E-state index is 0.0203. The van der Waals surface area contributed by atoms with E-state index in [2.05, 4.69) is 21.9 Å². The van der Waals surface area contributed by atoms with Gasteiger partial charge in [0.2, 0.25) is 10.0 Å². The Bertz CT molecular complexity index is 922. The molecule has 1 fully saturated rings. The van der Waals surface area contributed by atoms with Gasteiger partial charge in [0, 0.05) is 42.3 Å². The lowest BCUT2D eigenvalue weighted by atomic mass is 9.98. The smallest absolute Gasteiger partial charge is 0.232 e. The van der Waals surface area contributed by atoms with Crippen LogP contribution >= 0.6 is 23.2 Å². The van der Waals surface area contributed by atoms with Gasteiger partial charge in [0.25, 0.3) is 0 Å². The van der Waals surface area contributed by atoms with Gasteiger partial charge in [-0.05, 0) is 48.2 Å². The summed E-state index contributed by atoms with van der Waals surface area (Å²) in [5, 5.41) is 4.04. The van der Waals surface area contributed by atoms with Gasteiger partial charge in [0.1, 0.15) is 0 Å². The number of sulfonamides is 1. The maximum absolute atomic E-state index is 12.6. The van der Waals surface area contributed by atoms with Crippen LogP contribution in [0.25, 0.3) is 0 Å². The van der Waals surface area contributed by atoms with Crippen molar-refractivity contribution < 1.29 is 8.42 Å². The second kappa shape index (κ2) is 10.8. The van der Waals surface area contributed by atoms with Crippen LogP contribution < -0.4 is 10.0 Å². The van der Waals surface area contributed by atoms with Crippen LogP contribution in [0, 0.1) is 0 Å². The number of hydrogen-bond donors (Lipinski definition) is 2.